The molecule has 0 atom stereocenters. The molecule has 0 spiro atoms. The Morgan fingerprint density at radius 1 is 1.11 bits per heavy atom. The fraction of sp³-hybridized carbons (Fsp3) is 0.286. The summed E-state index contributed by atoms with van der Waals surface area (Å²) in [6, 6.07) is 4.07. The van der Waals surface area contributed by atoms with E-state index in [0.717, 1.165) is 33.8 Å². The Bertz CT molecular complexity index is 594. The van der Waals surface area contributed by atoms with Crippen molar-refractivity contribution in [3.05, 3.63) is 35.2 Å². The molecule has 2 N–H and O–H groups in total. The van der Waals surface area contributed by atoms with Gasteiger partial charge in [-0.15, -0.1) is 0 Å². The summed E-state index contributed by atoms with van der Waals surface area (Å²) >= 11 is 0. The molecule has 1 heterocycles. The molecular weight excluding hydrogens is 226 g/mol. The van der Waals surface area contributed by atoms with Gasteiger partial charge in [0.05, 0.1) is 24.7 Å². The molecule has 0 saturated heterocycles. The Hall–Kier alpha value is -2.10. The van der Waals surface area contributed by atoms with E-state index < -0.39 is 0 Å². The van der Waals surface area contributed by atoms with Gasteiger partial charge in [-0.3, -0.25) is 4.98 Å². The highest BCUT2D eigenvalue weighted by Gasteiger charge is 2.11. The van der Waals surface area contributed by atoms with Gasteiger partial charge in [0.2, 0.25) is 0 Å². The summed E-state index contributed by atoms with van der Waals surface area (Å²) in [4.78, 5) is 8.62. The lowest BCUT2D eigenvalue weighted by molar-refractivity contribution is 0.411. The van der Waals surface area contributed by atoms with E-state index in [1.54, 1.807) is 13.3 Å². The summed E-state index contributed by atoms with van der Waals surface area (Å²) in [6.07, 6.45) is 1.57. The number of aromatic nitrogens is 2. The maximum Gasteiger partial charge on any atom is 0.142 e. The van der Waals surface area contributed by atoms with Crippen LogP contribution in [-0.2, 0) is 0 Å². The number of hydrogen-bond donors (Lipinski definition) is 1. The van der Waals surface area contributed by atoms with Gasteiger partial charge in [0.1, 0.15) is 11.6 Å². The number of methoxy groups -OCH3 is 1. The number of rotatable bonds is 2. The molecule has 0 unspecified atom stereocenters. The van der Waals surface area contributed by atoms with Gasteiger partial charge in [0, 0.05) is 5.56 Å². The minimum atomic E-state index is 0.434. The van der Waals surface area contributed by atoms with E-state index in [-0.39, 0.29) is 0 Å². The molecule has 1 aromatic heterocycles. The van der Waals surface area contributed by atoms with Crippen LogP contribution >= 0.6 is 0 Å². The highest BCUT2D eigenvalue weighted by atomic mass is 16.5. The number of anilines is 1. The summed E-state index contributed by atoms with van der Waals surface area (Å²) in [7, 11) is 1.67. The minimum absolute atomic E-state index is 0.434. The Kier molecular flexibility index (Phi) is 3.19. The predicted octanol–water partition coefficient (Wildman–Crippen LogP) is 2.66. The molecule has 18 heavy (non-hydrogen) atoms. The number of nitrogen functional groups attached to an aromatic ring is 1. The zero-order valence-corrected chi connectivity index (χ0v) is 11.1. The fourth-order valence-electron chi connectivity index (χ4n) is 1.98. The second kappa shape index (κ2) is 4.64. The summed E-state index contributed by atoms with van der Waals surface area (Å²) in [5.74, 6) is 1.31. The van der Waals surface area contributed by atoms with Gasteiger partial charge in [0.25, 0.3) is 0 Å². The van der Waals surface area contributed by atoms with Gasteiger partial charge in [0.15, 0.2) is 0 Å². The zero-order valence-electron chi connectivity index (χ0n) is 11.1. The molecule has 2 rings (SSSR count). The molecule has 0 aliphatic rings. The lowest BCUT2D eigenvalue weighted by Crippen LogP contribution is -2.00. The van der Waals surface area contributed by atoms with Crippen LogP contribution in [0.1, 0.15) is 16.8 Å². The molecule has 1 aromatic carbocycles. The van der Waals surface area contributed by atoms with Gasteiger partial charge >= 0.3 is 0 Å². The Morgan fingerprint density at radius 2 is 1.83 bits per heavy atom. The Balaban J connectivity index is 2.64. The van der Waals surface area contributed by atoms with Crippen molar-refractivity contribution in [2.45, 2.75) is 20.8 Å². The number of aryl methyl sites for hydroxylation is 3. The third-order valence-corrected chi connectivity index (χ3v) is 2.97. The summed E-state index contributed by atoms with van der Waals surface area (Å²) in [5.41, 5.74) is 10.6. The first-order chi connectivity index (χ1) is 8.52. The maximum absolute atomic E-state index is 5.71. The minimum Gasteiger partial charge on any atom is -0.496 e. The van der Waals surface area contributed by atoms with E-state index in [4.69, 9.17) is 10.5 Å². The van der Waals surface area contributed by atoms with Crippen LogP contribution < -0.4 is 10.5 Å². The molecule has 4 nitrogen and oxygen atoms in total. The molecule has 0 radical (unpaired) electrons. The number of ether oxygens (including phenoxy) is 1. The van der Waals surface area contributed by atoms with Crippen molar-refractivity contribution in [3.63, 3.8) is 0 Å². The average Bonchev–Trinajstić information content (AvgIpc) is 2.35. The van der Waals surface area contributed by atoms with Crippen molar-refractivity contribution in [1.29, 1.82) is 0 Å². The summed E-state index contributed by atoms with van der Waals surface area (Å²) in [6.45, 7) is 5.97. The molecule has 0 bridgehead atoms. The number of nitrogens with two attached hydrogens (primary N) is 1. The molecule has 0 amide bonds. The zero-order chi connectivity index (χ0) is 13.3. The van der Waals surface area contributed by atoms with Crippen molar-refractivity contribution in [2.75, 3.05) is 12.8 Å². The van der Waals surface area contributed by atoms with Gasteiger partial charge in [-0.2, -0.15) is 0 Å². The SMILES string of the molecule is COc1cc(C)c(-c2nc(N)cnc2C)cc1C. The number of nitrogens with zero attached hydrogens (tertiary/aromatic N) is 2. The van der Waals surface area contributed by atoms with Crippen LogP contribution in [0.25, 0.3) is 11.3 Å². The van der Waals surface area contributed by atoms with Gasteiger partial charge in [-0.25, -0.2) is 4.98 Å². The topological polar surface area (TPSA) is 61.0 Å². The van der Waals surface area contributed by atoms with Gasteiger partial charge < -0.3 is 10.5 Å². The third-order valence-electron chi connectivity index (χ3n) is 2.97. The standard InChI is InChI=1S/C14H17N3O/c1-8-6-12(18-4)9(2)5-11(8)14-10(3)16-7-13(15)17-14/h5-7H,1-4H3,(H2,15,17). The van der Waals surface area contributed by atoms with Crippen LogP contribution in [0.5, 0.6) is 5.75 Å². The van der Waals surface area contributed by atoms with Crippen LogP contribution in [0.4, 0.5) is 5.82 Å². The second-order valence-electron chi connectivity index (χ2n) is 4.37. The molecule has 4 heteroatoms. The summed E-state index contributed by atoms with van der Waals surface area (Å²) in [5, 5.41) is 0. The van der Waals surface area contributed by atoms with Crippen LogP contribution in [0.3, 0.4) is 0 Å². The smallest absolute Gasteiger partial charge is 0.142 e. The first kappa shape index (κ1) is 12.4. The van der Waals surface area contributed by atoms with Crippen molar-refractivity contribution >= 4 is 5.82 Å². The lowest BCUT2D eigenvalue weighted by atomic mass is 10.0. The first-order valence-corrected chi connectivity index (χ1v) is 5.77. The van der Waals surface area contributed by atoms with E-state index in [1.807, 2.05) is 26.8 Å². The normalized spacial score (nSPS) is 10.4. The Labute approximate surface area is 107 Å². The fourth-order valence-corrected chi connectivity index (χ4v) is 1.98. The Morgan fingerprint density at radius 3 is 2.50 bits per heavy atom. The van der Waals surface area contributed by atoms with E-state index >= 15 is 0 Å². The maximum atomic E-state index is 5.71. The van der Waals surface area contributed by atoms with Gasteiger partial charge in [-0.1, -0.05) is 0 Å². The van der Waals surface area contributed by atoms with E-state index in [1.165, 1.54) is 0 Å². The average molecular weight is 243 g/mol. The molecule has 2 aromatic rings. The number of benzene rings is 1. The van der Waals surface area contributed by atoms with E-state index in [0.29, 0.717) is 5.82 Å². The molecule has 0 saturated carbocycles. The largest absolute Gasteiger partial charge is 0.496 e. The van der Waals surface area contributed by atoms with E-state index in [9.17, 15) is 0 Å². The van der Waals surface area contributed by atoms with Crippen molar-refractivity contribution in [3.8, 4) is 17.0 Å². The molecule has 0 aliphatic carbocycles. The van der Waals surface area contributed by atoms with Crippen molar-refractivity contribution in [1.82, 2.24) is 9.97 Å². The lowest BCUT2D eigenvalue weighted by Gasteiger charge is -2.12. The molecule has 0 aliphatic heterocycles. The number of hydrogen-bond acceptors (Lipinski definition) is 4. The van der Waals surface area contributed by atoms with Gasteiger partial charge in [-0.05, 0) is 44.0 Å². The van der Waals surface area contributed by atoms with Crippen LogP contribution in [0.15, 0.2) is 18.3 Å². The van der Waals surface area contributed by atoms with Crippen LogP contribution in [0, 0.1) is 20.8 Å². The van der Waals surface area contributed by atoms with Crippen LogP contribution in [-0.4, -0.2) is 17.1 Å². The van der Waals surface area contributed by atoms with Crippen molar-refractivity contribution < 1.29 is 4.74 Å². The van der Waals surface area contributed by atoms with E-state index in [2.05, 4.69) is 16.0 Å². The highest BCUT2D eigenvalue weighted by molar-refractivity contribution is 5.69. The quantitative estimate of drug-likeness (QED) is 0.880. The highest BCUT2D eigenvalue weighted by Crippen LogP contribution is 2.30. The van der Waals surface area contributed by atoms with Crippen LogP contribution in [0.2, 0.25) is 0 Å². The predicted molar refractivity (Wildman–Crippen MR) is 72.6 cm³/mol. The molecular formula is C14H17N3O. The molecule has 94 valence electrons. The third kappa shape index (κ3) is 2.14. The second-order valence-corrected chi connectivity index (χ2v) is 4.37. The monoisotopic (exact) mass is 243 g/mol. The van der Waals surface area contributed by atoms with Crippen molar-refractivity contribution in [2.24, 2.45) is 0 Å². The first-order valence-electron chi connectivity index (χ1n) is 5.77. The molecule has 0 fully saturated rings. The summed E-state index contributed by atoms with van der Waals surface area (Å²) < 4.78 is 5.31.